The molecule has 0 saturated heterocycles. The average Bonchev–Trinajstić information content (AvgIpc) is 2.69. The zero-order valence-electron chi connectivity index (χ0n) is 12.4. The SMILES string of the molecule is Cc1nn(C)c(C)c1CCCNc1cnc(C(=O)O)cn1. The van der Waals surface area contributed by atoms with Crippen molar-refractivity contribution < 1.29 is 9.90 Å². The minimum Gasteiger partial charge on any atom is -0.476 e. The van der Waals surface area contributed by atoms with E-state index >= 15 is 0 Å². The van der Waals surface area contributed by atoms with Crippen LogP contribution in [0.2, 0.25) is 0 Å². The maximum Gasteiger partial charge on any atom is 0.356 e. The highest BCUT2D eigenvalue weighted by atomic mass is 16.4. The fourth-order valence-corrected chi connectivity index (χ4v) is 2.19. The van der Waals surface area contributed by atoms with Crippen LogP contribution in [0.25, 0.3) is 0 Å². The quantitative estimate of drug-likeness (QED) is 0.784. The number of aryl methyl sites for hydroxylation is 2. The molecule has 0 aromatic carbocycles. The molecule has 0 fully saturated rings. The van der Waals surface area contributed by atoms with Gasteiger partial charge in [0.25, 0.3) is 0 Å². The minimum atomic E-state index is -1.07. The number of rotatable bonds is 6. The summed E-state index contributed by atoms with van der Waals surface area (Å²) in [5.74, 6) is -0.490. The molecule has 2 aromatic heterocycles. The molecule has 0 bridgehead atoms. The predicted molar refractivity (Wildman–Crippen MR) is 78.5 cm³/mol. The van der Waals surface area contributed by atoms with Gasteiger partial charge in [-0.15, -0.1) is 0 Å². The molecule has 0 radical (unpaired) electrons. The molecule has 2 N–H and O–H groups in total. The Kier molecular flexibility index (Phi) is 4.52. The van der Waals surface area contributed by atoms with E-state index in [0.717, 1.165) is 25.1 Å². The molecule has 2 heterocycles. The average molecular weight is 289 g/mol. The van der Waals surface area contributed by atoms with Crippen LogP contribution in [-0.4, -0.2) is 37.4 Å². The highest BCUT2D eigenvalue weighted by molar-refractivity contribution is 5.84. The molecule has 2 aromatic rings. The molecule has 0 aliphatic rings. The lowest BCUT2D eigenvalue weighted by Gasteiger charge is -2.06. The Balaban J connectivity index is 1.83. The van der Waals surface area contributed by atoms with E-state index in [1.165, 1.54) is 23.7 Å². The monoisotopic (exact) mass is 289 g/mol. The molecule has 7 heteroatoms. The first-order valence-corrected chi connectivity index (χ1v) is 6.77. The Bertz CT molecular complexity index is 634. The largest absolute Gasteiger partial charge is 0.476 e. The molecule has 0 unspecified atom stereocenters. The van der Waals surface area contributed by atoms with Gasteiger partial charge in [0.05, 0.1) is 18.1 Å². The third-order valence-electron chi connectivity index (χ3n) is 3.44. The number of hydrogen-bond donors (Lipinski definition) is 2. The standard InChI is InChI=1S/C14H19N5O2/c1-9-11(10(2)19(3)18-9)5-4-6-15-13-8-16-12(7-17-13)14(20)21/h7-8H,4-6H2,1-3H3,(H,15,17)(H,20,21). The van der Waals surface area contributed by atoms with Crippen molar-refractivity contribution in [1.82, 2.24) is 19.7 Å². The number of nitrogens with zero attached hydrogens (tertiary/aromatic N) is 4. The van der Waals surface area contributed by atoms with Gasteiger partial charge in [-0.05, 0) is 32.3 Å². The van der Waals surface area contributed by atoms with Crippen LogP contribution in [0, 0.1) is 13.8 Å². The topological polar surface area (TPSA) is 92.9 Å². The molecule has 21 heavy (non-hydrogen) atoms. The van der Waals surface area contributed by atoms with E-state index in [-0.39, 0.29) is 5.69 Å². The first kappa shape index (κ1) is 15.0. The van der Waals surface area contributed by atoms with Crippen LogP contribution in [0.4, 0.5) is 5.82 Å². The molecule has 2 rings (SSSR count). The molecule has 0 spiro atoms. The van der Waals surface area contributed by atoms with Gasteiger partial charge >= 0.3 is 5.97 Å². The van der Waals surface area contributed by atoms with Crippen LogP contribution in [0.3, 0.4) is 0 Å². The second-order valence-corrected chi connectivity index (χ2v) is 4.90. The number of carboxylic acids is 1. The van der Waals surface area contributed by atoms with Crippen molar-refractivity contribution in [2.45, 2.75) is 26.7 Å². The van der Waals surface area contributed by atoms with E-state index in [0.29, 0.717) is 5.82 Å². The fraction of sp³-hybridized carbons (Fsp3) is 0.429. The molecular weight excluding hydrogens is 270 g/mol. The highest BCUT2D eigenvalue weighted by Crippen LogP contribution is 2.14. The first-order valence-electron chi connectivity index (χ1n) is 6.77. The van der Waals surface area contributed by atoms with Crippen LogP contribution in [0.5, 0.6) is 0 Å². The molecule has 0 saturated carbocycles. The summed E-state index contributed by atoms with van der Waals surface area (Å²) in [6.45, 7) is 4.83. The van der Waals surface area contributed by atoms with Crippen molar-refractivity contribution in [1.29, 1.82) is 0 Å². The lowest BCUT2D eigenvalue weighted by atomic mass is 10.1. The first-order chi connectivity index (χ1) is 9.99. The van der Waals surface area contributed by atoms with E-state index in [1.54, 1.807) is 0 Å². The lowest BCUT2D eigenvalue weighted by molar-refractivity contribution is 0.0690. The van der Waals surface area contributed by atoms with Crippen LogP contribution in [0.1, 0.15) is 33.9 Å². The van der Waals surface area contributed by atoms with Crippen LogP contribution >= 0.6 is 0 Å². The Morgan fingerprint density at radius 1 is 1.33 bits per heavy atom. The number of aromatic nitrogens is 4. The Hall–Kier alpha value is -2.44. The molecule has 0 aliphatic heterocycles. The second kappa shape index (κ2) is 6.34. The van der Waals surface area contributed by atoms with Gasteiger partial charge in [-0.3, -0.25) is 4.68 Å². The van der Waals surface area contributed by atoms with Gasteiger partial charge in [-0.25, -0.2) is 14.8 Å². The summed E-state index contributed by atoms with van der Waals surface area (Å²) in [5.41, 5.74) is 3.49. The summed E-state index contributed by atoms with van der Waals surface area (Å²) in [5, 5.41) is 16.3. The molecule has 0 atom stereocenters. The van der Waals surface area contributed by atoms with E-state index in [1.807, 2.05) is 18.7 Å². The van der Waals surface area contributed by atoms with Crippen molar-refractivity contribution in [3.05, 3.63) is 35.0 Å². The van der Waals surface area contributed by atoms with Crippen LogP contribution < -0.4 is 5.32 Å². The van der Waals surface area contributed by atoms with Gasteiger partial charge in [0.2, 0.25) is 0 Å². The number of nitrogens with one attached hydrogen (secondary N) is 1. The van der Waals surface area contributed by atoms with Crippen molar-refractivity contribution in [3.8, 4) is 0 Å². The molecular formula is C14H19N5O2. The van der Waals surface area contributed by atoms with Gasteiger partial charge in [0.15, 0.2) is 5.69 Å². The molecule has 112 valence electrons. The van der Waals surface area contributed by atoms with E-state index in [9.17, 15) is 4.79 Å². The summed E-state index contributed by atoms with van der Waals surface area (Å²) < 4.78 is 1.90. The Morgan fingerprint density at radius 2 is 2.10 bits per heavy atom. The fourth-order valence-electron chi connectivity index (χ4n) is 2.19. The maximum atomic E-state index is 10.7. The van der Waals surface area contributed by atoms with E-state index in [2.05, 4.69) is 27.3 Å². The molecule has 0 aliphatic carbocycles. The van der Waals surface area contributed by atoms with Crippen molar-refractivity contribution >= 4 is 11.8 Å². The normalized spacial score (nSPS) is 10.6. The third-order valence-corrected chi connectivity index (χ3v) is 3.44. The zero-order chi connectivity index (χ0) is 15.4. The van der Waals surface area contributed by atoms with Crippen molar-refractivity contribution in [2.75, 3.05) is 11.9 Å². The number of aromatic carboxylic acids is 1. The Labute approximate surface area is 123 Å². The summed E-state index contributed by atoms with van der Waals surface area (Å²) in [7, 11) is 1.95. The smallest absolute Gasteiger partial charge is 0.356 e. The van der Waals surface area contributed by atoms with Gasteiger partial charge in [0, 0.05) is 19.3 Å². The second-order valence-electron chi connectivity index (χ2n) is 4.90. The van der Waals surface area contributed by atoms with E-state index < -0.39 is 5.97 Å². The van der Waals surface area contributed by atoms with Crippen molar-refractivity contribution in [3.63, 3.8) is 0 Å². The van der Waals surface area contributed by atoms with Crippen molar-refractivity contribution in [2.24, 2.45) is 7.05 Å². The number of carboxylic acid groups (broad SMARTS) is 1. The third kappa shape index (κ3) is 3.56. The Morgan fingerprint density at radius 3 is 2.62 bits per heavy atom. The zero-order valence-corrected chi connectivity index (χ0v) is 12.4. The summed E-state index contributed by atoms with van der Waals surface area (Å²) in [4.78, 5) is 18.5. The number of anilines is 1. The highest BCUT2D eigenvalue weighted by Gasteiger charge is 2.08. The number of carbonyl (C=O) groups is 1. The van der Waals surface area contributed by atoms with Crippen LogP contribution in [-0.2, 0) is 13.5 Å². The predicted octanol–water partition coefficient (Wildman–Crippen LogP) is 1.57. The molecule has 7 nitrogen and oxygen atoms in total. The van der Waals surface area contributed by atoms with E-state index in [4.69, 9.17) is 5.11 Å². The van der Waals surface area contributed by atoms with Gasteiger partial charge < -0.3 is 10.4 Å². The van der Waals surface area contributed by atoms with Gasteiger partial charge in [-0.1, -0.05) is 0 Å². The minimum absolute atomic E-state index is 0.0536. The van der Waals surface area contributed by atoms with Gasteiger partial charge in [0.1, 0.15) is 5.82 Å². The summed E-state index contributed by atoms with van der Waals surface area (Å²) >= 11 is 0. The summed E-state index contributed by atoms with van der Waals surface area (Å²) in [6.07, 6.45) is 4.57. The lowest BCUT2D eigenvalue weighted by Crippen LogP contribution is -2.07. The van der Waals surface area contributed by atoms with Gasteiger partial charge in [-0.2, -0.15) is 5.10 Å². The van der Waals surface area contributed by atoms with Crippen LogP contribution in [0.15, 0.2) is 12.4 Å². The molecule has 0 amide bonds. The maximum absolute atomic E-state index is 10.7. The number of hydrogen-bond acceptors (Lipinski definition) is 5. The summed E-state index contributed by atoms with van der Waals surface area (Å²) in [6, 6.07) is 0.